The van der Waals surface area contributed by atoms with Crippen LogP contribution in [0.2, 0.25) is 0 Å². The molecule has 0 saturated carbocycles. The third-order valence-corrected chi connectivity index (χ3v) is 5.65. The van der Waals surface area contributed by atoms with Gasteiger partial charge in [-0.05, 0) is 41.9 Å². The monoisotopic (exact) mass is 383 g/mol. The van der Waals surface area contributed by atoms with Crippen LogP contribution in [0.3, 0.4) is 0 Å². The average molecular weight is 383 g/mol. The highest BCUT2D eigenvalue weighted by molar-refractivity contribution is 5.77. The largest absolute Gasteiger partial charge is 0.454 e. The normalized spacial score (nSPS) is 21.6. The average Bonchev–Trinajstić information content (AvgIpc) is 3.27. The fourth-order valence-electron chi connectivity index (χ4n) is 4.26. The van der Waals surface area contributed by atoms with Gasteiger partial charge in [-0.15, -0.1) is 0 Å². The number of benzene rings is 1. The second kappa shape index (κ2) is 7.49. The van der Waals surface area contributed by atoms with Crippen LogP contribution < -0.4 is 9.47 Å². The molecule has 2 aromatic rings. The lowest BCUT2D eigenvalue weighted by atomic mass is 9.76. The van der Waals surface area contributed by atoms with E-state index < -0.39 is 0 Å². The Hall–Kier alpha value is -2.50. The van der Waals surface area contributed by atoms with E-state index in [0.29, 0.717) is 25.7 Å². The highest BCUT2D eigenvalue weighted by Crippen LogP contribution is 2.38. The molecule has 0 unspecified atom stereocenters. The summed E-state index contributed by atoms with van der Waals surface area (Å²) in [6.45, 7) is 9.27. The summed E-state index contributed by atoms with van der Waals surface area (Å²) in [4.78, 5) is 18.9. The van der Waals surface area contributed by atoms with Crippen LogP contribution in [0.4, 0.5) is 0 Å². The molecule has 1 aromatic heterocycles. The molecule has 28 heavy (non-hydrogen) atoms. The van der Waals surface area contributed by atoms with Crippen LogP contribution in [0.1, 0.15) is 44.9 Å². The number of aromatic nitrogens is 2. The van der Waals surface area contributed by atoms with Crippen LogP contribution in [-0.4, -0.2) is 33.7 Å². The Morgan fingerprint density at radius 1 is 1.25 bits per heavy atom. The smallest absolute Gasteiger partial charge is 0.231 e. The Morgan fingerprint density at radius 2 is 2.07 bits per heavy atom. The number of rotatable bonds is 6. The number of amides is 1. The van der Waals surface area contributed by atoms with E-state index in [2.05, 4.69) is 42.5 Å². The van der Waals surface area contributed by atoms with Crippen molar-refractivity contribution in [1.29, 1.82) is 0 Å². The summed E-state index contributed by atoms with van der Waals surface area (Å²) in [5.41, 5.74) is 2.38. The summed E-state index contributed by atoms with van der Waals surface area (Å²) < 4.78 is 13.1. The lowest BCUT2D eigenvalue weighted by molar-refractivity contribution is -0.138. The van der Waals surface area contributed by atoms with Gasteiger partial charge in [0.25, 0.3) is 0 Å². The number of ether oxygens (including phenoxy) is 2. The van der Waals surface area contributed by atoms with E-state index in [1.807, 2.05) is 23.5 Å². The Morgan fingerprint density at radius 3 is 2.89 bits per heavy atom. The van der Waals surface area contributed by atoms with Crippen molar-refractivity contribution in [1.82, 2.24) is 14.5 Å². The fraction of sp³-hybridized carbons (Fsp3) is 0.545. The molecule has 3 heterocycles. The summed E-state index contributed by atoms with van der Waals surface area (Å²) in [6, 6.07) is 6.17. The molecule has 1 fully saturated rings. The van der Waals surface area contributed by atoms with Crippen molar-refractivity contribution in [2.75, 3.05) is 13.3 Å². The SMILES string of the molecule is CC(C)Cn1cncc1CN1C[C@](C)(Cc2ccc3c(c2)OCO3)CCC1=O. The minimum atomic E-state index is 0.0461. The molecule has 6 heteroatoms. The van der Waals surface area contributed by atoms with Gasteiger partial charge < -0.3 is 18.9 Å². The number of hydrogen-bond donors (Lipinski definition) is 0. The van der Waals surface area contributed by atoms with E-state index in [0.717, 1.165) is 43.1 Å². The summed E-state index contributed by atoms with van der Waals surface area (Å²) in [5, 5.41) is 0. The Labute approximate surface area is 166 Å². The Bertz CT molecular complexity index is 860. The molecule has 4 rings (SSSR count). The van der Waals surface area contributed by atoms with E-state index in [1.165, 1.54) is 5.56 Å². The molecule has 1 saturated heterocycles. The van der Waals surface area contributed by atoms with E-state index in [4.69, 9.17) is 9.47 Å². The van der Waals surface area contributed by atoms with Gasteiger partial charge in [0.05, 0.1) is 18.6 Å². The van der Waals surface area contributed by atoms with Crippen molar-refractivity contribution >= 4 is 5.91 Å². The van der Waals surface area contributed by atoms with Gasteiger partial charge >= 0.3 is 0 Å². The lowest BCUT2D eigenvalue weighted by Crippen LogP contribution is -2.46. The Kier molecular flexibility index (Phi) is 5.04. The van der Waals surface area contributed by atoms with Crippen LogP contribution >= 0.6 is 0 Å². The molecule has 0 aliphatic carbocycles. The number of piperidine rings is 1. The lowest BCUT2D eigenvalue weighted by Gasteiger charge is -2.40. The highest BCUT2D eigenvalue weighted by Gasteiger charge is 2.35. The van der Waals surface area contributed by atoms with Gasteiger partial charge in [-0.25, -0.2) is 4.98 Å². The number of imidazole rings is 1. The van der Waals surface area contributed by atoms with Gasteiger partial charge in [-0.1, -0.05) is 26.8 Å². The zero-order valence-corrected chi connectivity index (χ0v) is 17.0. The van der Waals surface area contributed by atoms with Crippen LogP contribution in [-0.2, 0) is 24.3 Å². The van der Waals surface area contributed by atoms with E-state index in [9.17, 15) is 4.79 Å². The maximum absolute atomic E-state index is 12.6. The zero-order chi connectivity index (χ0) is 19.7. The van der Waals surface area contributed by atoms with Crippen molar-refractivity contribution in [2.24, 2.45) is 11.3 Å². The molecule has 0 N–H and O–H groups in total. The molecule has 0 radical (unpaired) electrons. The van der Waals surface area contributed by atoms with Crippen molar-refractivity contribution in [3.8, 4) is 11.5 Å². The molecule has 0 spiro atoms. The number of carbonyl (C=O) groups excluding carboxylic acids is 1. The highest BCUT2D eigenvalue weighted by atomic mass is 16.7. The third kappa shape index (κ3) is 4.01. The molecular formula is C22H29N3O3. The fourth-order valence-corrected chi connectivity index (χ4v) is 4.26. The molecule has 6 nitrogen and oxygen atoms in total. The topological polar surface area (TPSA) is 56.6 Å². The minimum Gasteiger partial charge on any atom is -0.454 e. The van der Waals surface area contributed by atoms with Crippen LogP contribution in [0, 0.1) is 11.3 Å². The summed E-state index contributed by atoms with van der Waals surface area (Å²) in [7, 11) is 0. The first-order chi connectivity index (χ1) is 13.4. The molecule has 1 aromatic carbocycles. The van der Waals surface area contributed by atoms with Crippen molar-refractivity contribution in [2.45, 2.75) is 53.1 Å². The molecule has 0 bridgehead atoms. The molecule has 1 atom stereocenters. The van der Waals surface area contributed by atoms with E-state index in [-0.39, 0.29) is 11.3 Å². The summed E-state index contributed by atoms with van der Waals surface area (Å²) in [5.74, 6) is 2.41. The molecule has 2 aliphatic heterocycles. The van der Waals surface area contributed by atoms with Gasteiger partial charge in [0.2, 0.25) is 12.7 Å². The molecule has 2 aliphatic rings. The van der Waals surface area contributed by atoms with Crippen LogP contribution in [0.15, 0.2) is 30.7 Å². The first kappa shape index (κ1) is 18.8. The van der Waals surface area contributed by atoms with Gasteiger partial charge in [-0.3, -0.25) is 4.79 Å². The van der Waals surface area contributed by atoms with Crippen LogP contribution in [0.25, 0.3) is 0 Å². The van der Waals surface area contributed by atoms with Gasteiger partial charge in [-0.2, -0.15) is 0 Å². The third-order valence-electron chi connectivity index (χ3n) is 5.65. The number of nitrogens with zero attached hydrogens (tertiary/aromatic N) is 3. The first-order valence-corrected chi connectivity index (χ1v) is 10.1. The van der Waals surface area contributed by atoms with Crippen LogP contribution in [0.5, 0.6) is 11.5 Å². The number of likely N-dealkylation sites (tertiary alicyclic amines) is 1. The second-order valence-electron chi connectivity index (χ2n) is 8.86. The quantitative estimate of drug-likeness (QED) is 0.764. The molecule has 1 amide bonds. The van der Waals surface area contributed by atoms with Gasteiger partial charge in [0.1, 0.15) is 0 Å². The van der Waals surface area contributed by atoms with Gasteiger partial charge in [0.15, 0.2) is 11.5 Å². The van der Waals surface area contributed by atoms with Gasteiger partial charge in [0, 0.05) is 25.7 Å². The second-order valence-corrected chi connectivity index (χ2v) is 8.86. The van der Waals surface area contributed by atoms with E-state index in [1.54, 1.807) is 0 Å². The predicted octanol–water partition coefficient (Wildman–Crippen LogP) is 3.64. The summed E-state index contributed by atoms with van der Waals surface area (Å²) in [6.07, 6.45) is 6.18. The van der Waals surface area contributed by atoms with E-state index >= 15 is 0 Å². The number of fused-ring (bicyclic) bond motifs is 1. The van der Waals surface area contributed by atoms with Crippen molar-refractivity contribution in [3.63, 3.8) is 0 Å². The molecule has 150 valence electrons. The maximum atomic E-state index is 12.6. The zero-order valence-electron chi connectivity index (χ0n) is 17.0. The molecular weight excluding hydrogens is 354 g/mol. The standard InChI is InChI=1S/C22H29N3O3/c1-16(2)11-25-14-23-10-18(25)12-24-13-22(3,7-6-21(24)26)9-17-4-5-19-20(8-17)28-15-27-19/h4-5,8,10,14,16H,6-7,9,11-13,15H2,1-3H3/t22-/m0/s1. The predicted molar refractivity (Wildman–Crippen MR) is 106 cm³/mol. The maximum Gasteiger partial charge on any atom is 0.231 e. The Balaban J connectivity index is 1.46. The first-order valence-electron chi connectivity index (χ1n) is 10.1. The summed E-state index contributed by atoms with van der Waals surface area (Å²) >= 11 is 0. The number of hydrogen-bond acceptors (Lipinski definition) is 4. The minimum absolute atomic E-state index is 0.0461. The number of carbonyl (C=O) groups is 1. The van der Waals surface area contributed by atoms with Crippen molar-refractivity contribution in [3.05, 3.63) is 42.0 Å². The van der Waals surface area contributed by atoms with Crippen molar-refractivity contribution < 1.29 is 14.3 Å².